The normalized spacial score (nSPS) is 16.0. The Morgan fingerprint density at radius 2 is 2.18 bits per heavy atom. The van der Waals surface area contributed by atoms with Crippen LogP contribution in [0.1, 0.15) is 10.6 Å². The van der Waals surface area contributed by atoms with Crippen molar-refractivity contribution in [3.05, 3.63) is 48.0 Å². The largest absolute Gasteiger partial charge is 0.451 e. The average Bonchev–Trinajstić information content (AvgIpc) is 3.17. The molecule has 0 unspecified atom stereocenters. The van der Waals surface area contributed by atoms with E-state index < -0.39 is 5.82 Å². The second-order valence-corrected chi connectivity index (χ2v) is 5.51. The second kappa shape index (κ2) is 6.03. The molecule has 1 saturated heterocycles. The van der Waals surface area contributed by atoms with Crippen molar-refractivity contribution < 1.29 is 13.6 Å². The SMILES string of the molecule is N#CN=C1SCCN1C(=O)c1ccc(-c2ccccc2F)o1. The zero-order valence-electron chi connectivity index (χ0n) is 11.3. The third-order valence-electron chi connectivity index (χ3n) is 3.12. The number of thioether (sulfide) groups is 1. The van der Waals surface area contributed by atoms with E-state index in [1.165, 1.54) is 28.8 Å². The van der Waals surface area contributed by atoms with E-state index in [2.05, 4.69) is 4.99 Å². The first-order valence-corrected chi connectivity index (χ1v) is 7.45. The molecule has 5 nitrogen and oxygen atoms in total. The molecule has 0 saturated carbocycles. The number of hydrogen-bond acceptors (Lipinski definition) is 5. The van der Waals surface area contributed by atoms with Gasteiger partial charge in [-0.2, -0.15) is 5.26 Å². The van der Waals surface area contributed by atoms with E-state index in [4.69, 9.17) is 9.68 Å². The van der Waals surface area contributed by atoms with Crippen molar-refractivity contribution in [2.45, 2.75) is 0 Å². The molecule has 0 spiro atoms. The molecule has 1 aromatic carbocycles. The zero-order valence-corrected chi connectivity index (χ0v) is 12.1. The smallest absolute Gasteiger partial charge is 0.295 e. The van der Waals surface area contributed by atoms with Gasteiger partial charge in [0, 0.05) is 12.3 Å². The third kappa shape index (κ3) is 2.61. The molecule has 0 radical (unpaired) electrons. The summed E-state index contributed by atoms with van der Waals surface area (Å²) in [6, 6.07) is 9.23. The fourth-order valence-electron chi connectivity index (χ4n) is 2.12. The van der Waals surface area contributed by atoms with Gasteiger partial charge in [0.05, 0.1) is 5.56 Å². The van der Waals surface area contributed by atoms with Crippen molar-refractivity contribution in [1.29, 1.82) is 5.26 Å². The summed E-state index contributed by atoms with van der Waals surface area (Å²) in [5, 5.41) is 8.98. The highest BCUT2D eigenvalue weighted by Crippen LogP contribution is 2.27. The number of benzene rings is 1. The minimum Gasteiger partial charge on any atom is -0.451 e. The predicted molar refractivity (Wildman–Crippen MR) is 80.6 cm³/mol. The number of rotatable bonds is 2. The first-order chi connectivity index (χ1) is 10.7. The lowest BCUT2D eigenvalue weighted by Crippen LogP contribution is -2.31. The van der Waals surface area contributed by atoms with Crippen molar-refractivity contribution in [2.75, 3.05) is 12.3 Å². The van der Waals surface area contributed by atoms with Crippen LogP contribution in [0.25, 0.3) is 11.3 Å². The molecule has 1 aliphatic rings. The van der Waals surface area contributed by atoms with Crippen LogP contribution in [0.2, 0.25) is 0 Å². The summed E-state index contributed by atoms with van der Waals surface area (Å²) < 4.78 is 19.2. The molecular weight excluding hydrogens is 305 g/mol. The van der Waals surface area contributed by atoms with E-state index in [1.807, 2.05) is 0 Å². The molecule has 7 heteroatoms. The number of hydrogen-bond donors (Lipinski definition) is 0. The number of carbonyl (C=O) groups excluding carboxylic acids is 1. The summed E-state index contributed by atoms with van der Waals surface area (Å²) in [6.07, 6.45) is 1.68. The lowest BCUT2D eigenvalue weighted by Gasteiger charge is -2.12. The number of amides is 1. The molecule has 0 N–H and O–H groups in total. The molecule has 0 aliphatic carbocycles. The van der Waals surface area contributed by atoms with Gasteiger partial charge < -0.3 is 4.42 Å². The van der Waals surface area contributed by atoms with Crippen molar-refractivity contribution in [3.8, 4) is 17.5 Å². The molecule has 0 bridgehead atoms. The Hall–Kier alpha value is -2.59. The van der Waals surface area contributed by atoms with Gasteiger partial charge in [-0.3, -0.25) is 9.69 Å². The van der Waals surface area contributed by atoms with E-state index in [9.17, 15) is 9.18 Å². The fraction of sp³-hybridized carbons (Fsp3) is 0.133. The number of aliphatic imine (C=N–C) groups is 1. The first kappa shape index (κ1) is 14.4. The van der Waals surface area contributed by atoms with Gasteiger partial charge in [-0.1, -0.05) is 23.9 Å². The summed E-state index contributed by atoms with van der Waals surface area (Å²) in [7, 11) is 0. The molecule has 110 valence electrons. The maximum absolute atomic E-state index is 13.7. The van der Waals surface area contributed by atoms with Crippen LogP contribution in [0.3, 0.4) is 0 Å². The van der Waals surface area contributed by atoms with Gasteiger partial charge in [0.15, 0.2) is 10.9 Å². The molecule has 1 fully saturated rings. The lowest BCUT2D eigenvalue weighted by atomic mass is 10.1. The summed E-state index contributed by atoms with van der Waals surface area (Å²) >= 11 is 1.33. The second-order valence-electron chi connectivity index (χ2n) is 4.44. The Morgan fingerprint density at radius 3 is 2.95 bits per heavy atom. The molecule has 1 aromatic heterocycles. The maximum Gasteiger partial charge on any atom is 0.295 e. The van der Waals surface area contributed by atoms with Crippen LogP contribution in [0, 0.1) is 17.3 Å². The number of nitrogens with zero attached hydrogens (tertiary/aromatic N) is 3. The zero-order chi connectivity index (χ0) is 15.5. The summed E-state index contributed by atoms with van der Waals surface area (Å²) in [6.45, 7) is 0.458. The van der Waals surface area contributed by atoms with E-state index in [1.54, 1.807) is 30.5 Å². The highest BCUT2D eigenvalue weighted by atomic mass is 32.2. The van der Waals surface area contributed by atoms with Gasteiger partial charge in [-0.05, 0) is 24.3 Å². The van der Waals surface area contributed by atoms with Crippen LogP contribution in [0.5, 0.6) is 0 Å². The molecular formula is C15H10FN3O2S. The van der Waals surface area contributed by atoms with Crippen LogP contribution >= 0.6 is 11.8 Å². The molecule has 1 amide bonds. The summed E-state index contributed by atoms with van der Waals surface area (Å²) in [4.78, 5) is 17.4. The van der Waals surface area contributed by atoms with Crippen LogP contribution < -0.4 is 0 Å². The Kier molecular flexibility index (Phi) is 3.94. The van der Waals surface area contributed by atoms with Crippen LogP contribution in [0.4, 0.5) is 4.39 Å². The van der Waals surface area contributed by atoms with Gasteiger partial charge in [0.25, 0.3) is 5.91 Å². The highest BCUT2D eigenvalue weighted by molar-refractivity contribution is 8.14. The van der Waals surface area contributed by atoms with E-state index in [0.717, 1.165) is 0 Å². The van der Waals surface area contributed by atoms with Crippen LogP contribution in [-0.4, -0.2) is 28.3 Å². The van der Waals surface area contributed by atoms with Gasteiger partial charge >= 0.3 is 0 Å². The van der Waals surface area contributed by atoms with E-state index >= 15 is 0 Å². The minimum atomic E-state index is -0.417. The van der Waals surface area contributed by atoms with Crippen molar-refractivity contribution >= 4 is 22.8 Å². The highest BCUT2D eigenvalue weighted by Gasteiger charge is 2.29. The van der Waals surface area contributed by atoms with Gasteiger partial charge in [0.1, 0.15) is 11.6 Å². The third-order valence-corrected chi connectivity index (χ3v) is 4.08. The van der Waals surface area contributed by atoms with Crippen molar-refractivity contribution in [3.63, 3.8) is 0 Å². The standard InChI is InChI=1S/C15H10FN3O2S/c16-11-4-2-1-3-10(11)12-5-6-13(21-12)14(20)19-7-8-22-15(19)18-9-17/h1-6H,7-8H2. The number of carbonyl (C=O) groups is 1. The lowest BCUT2D eigenvalue weighted by molar-refractivity contribution is 0.0830. The van der Waals surface area contributed by atoms with Gasteiger partial charge in [-0.25, -0.2) is 4.39 Å². The maximum atomic E-state index is 13.7. The van der Waals surface area contributed by atoms with E-state index in [0.29, 0.717) is 23.0 Å². The van der Waals surface area contributed by atoms with Crippen molar-refractivity contribution in [2.24, 2.45) is 4.99 Å². The Labute approximate surface area is 130 Å². The minimum absolute atomic E-state index is 0.0893. The fourth-order valence-corrected chi connectivity index (χ4v) is 3.01. The topological polar surface area (TPSA) is 69.6 Å². The van der Waals surface area contributed by atoms with Crippen molar-refractivity contribution in [1.82, 2.24) is 4.90 Å². The summed E-state index contributed by atoms with van der Waals surface area (Å²) in [5.41, 5.74) is 0.295. The van der Waals surface area contributed by atoms with Crippen LogP contribution in [-0.2, 0) is 0 Å². The molecule has 2 aromatic rings. The number of furan rings is 1. The molecule has 22 heavy (non-hydrogen) atoms. The quantitative estimate of drug-likeness (QED) is 0.798. The Balaban J connectivity index is 1.88. The monoisotopic (exact) mass is 315 g/mol. The van der Waals surface area contributed by atoms with E-state index in [-0.39, 0.29) is 17.4 Å². The summed E-state index contributed by atoms with van der Waals surface area (Å²) in [5.74, 6) is 0.243. The molecule has 2 heterocycles. The van der Waals surface area contributed by atoms with Crippen LogP contribution in [0.15, 0.2) is 45.8 Å². The average molecular weight is 315 g/mol. The Morgan fingerprint density at radius 1 is 1.36 bits per heavy atom. The molecule has 0 atom stereocenters. The molecule has 1 aliphatic heterocycles. The number of amidine groups is 1. The van der Waals surface area contributed by atoms with Gasteiger partial charge in [-0.15, -0.1) is 4.99 Å². The van der Waals surface area contributed by atoms with Gasteiger partial charge in [0.2, 0.25) is 6.19 Å². The molecule has 3 rings (SSSR count). The predicted octanol–water partition coefficient (Wildman–Crippen LogP) is 3.11. The first-order valence-electron chi connectivity index (χ1n) is 6.47. The Bertz CT molecular complexity index is 794. The number of nitriles is 1. The number of halogens is 1.